The molecule has 0 radical (unpaired) electrons. The Morgan fingerprint density at radius 3 is 2.94 bits per heavy atom. The molecule has 2 aromatic rings. The SMILES string of the molecule is NCCc1nnc(NCCc2ncno2)o1. The lowest BCUT2D eigenvalue weighted by Gasteiger charge is -1.96. The molecule has 3 N–H and O–H groups in total. The van der Waals surface area contributed by atoms with Crippen molar-refractivity contribution >= 4 is 6.01 Å². The van der Waals surface area contributed by atoms with Gasteiger partial charge < -0.3 is 20.0 Å². The highest BCUT2D eigenvalue weighted by Crippen LogP contribution is 2.05. The van der Waals surface area contributed by atoms with Crippen molar-refractivity contribution in [2.75, 3.05) is 18.4 Å². The molecule has 16 heavy (non-hydrogen) atoms. The standard InChI is InChI=1S/C8H12N6O2/c9-3-1-7-13-14-8(15-7)10-4-2-6-11-5-12-16-6/h5H,1-4,9H2,(H,10,14). The van der Waals surface area contributed by atoms with Crippen LogP contribution in [0.5, 0.6) is 0 Å². The molecule has 0 aliphatic carbocycles. The van der Waals surface area contributed by atoms with Crippen LogP contribution in [0.4, 0.5) is 6.01 Å². The summed E-state index contributed by atoms with van der Waals surface area (Å²) >= 11 is 0. The third-order valence-electron chi connectivity index (χ3n) is 1.85. The maximum absolute atomic E-state index is 5.36. The van der Waals surface area contributed by atoms with Crippen LogP contribution in [0.1, 0.15) is 11.8 Å². The Labute approximate surface area is 91.2 Å². The van der Waals surface area contributed by atoms with E-state index in [1.54, 1.807) is 0 Å². The maximum Gasteiger partial charge on any atom is 0.315 e. The number of hydrogen-bond acceptors (Lipinski definition) is 8. The van der Waals surface area contributed by atoms with Gasteiger partial charge in [0.2, 0.25) is 11.8 Å². The fraction of sp³-hybridized carbons (Fsp3) is 0.500. The summed E-state index contributed by atoms with van der Waals surface area (Å²) in [6.07, 6.45) is 2.55. The van der Waals surface area contributed by atoms with Crippen LogP contribution in [0.15, 0.2) is 15.3 Å². The minimum Gasteiger partial charge on any atom is -0.408 e. The third-order valence-corrected chi connectivity index (χ3v) is 1.85. The van der Waals surface area contributed by atoms with Crippen LogP contribution in [0, 0.1) is 0 Å². The molecule has 2 heterocycles. The monoisotopic (exact) mass is 224 g/mol. The summed E-state index contributed by atoms with van der Waals surface area (Å²) in [4.78, 5) is 3.88. The van der Waals surface area contributed by atoms with Gasteiger partial charge in [0.25, 0.3) is 0 Å². The van der Waals surface area contributed by atoms with E-state index in [2.05, 4.69) is 25.7 Å². The average Bonchev–Trinajstić information content (AvgIpc) is 2.90. The molecule has 8 nitrogen and oxygen atoms in total. The van der Waals surface area contributed by atoms with Gasteiger partial charge in [-0.05, 0) is 0 Å². The molecule has 0 amide bonds. The minimum atomic E-state index is 0.378. The van der Waals surface area contributed by atoms with E-state index < -0.39 is 0 Å². The smallest absolute Gasteiger partial charge is 0.315 e. The first-order valence-electron chi connectivity index (χ1n) is 4.90. The summed E-state index contributed by atoms with van der Waals surface area (Å²) in [6.45, 7) is 1.08. The van der Waals surface area contributed by atoms with Crippen molar-refractivity contribution in [3.05, 3.63) is 18.1 Å². The van der Waals surface area contributed by atoms with Gasteiger partial charge in [0.05, 0.1) is 0 Å². The largest absolute Gasteiger partial charge is 0.408 e. The van der Waals surface area contributed by atoms with E-state index in [9.17, 15) is 0 Å². The highest BCUT2D eigenvalue weighted by molar-refractivity contribution is 5.16. The van der Waals surface area contributed by atoms with E-state index in [0.29, 0.717) is 43.7 Å². The van der Waals surface area contributed by atoms with E-state index in [4.69, 9.17) is 14.7 Å². The second kappa shape index (κ2) is 5.21. The first-order valence-corrected chi connectivity index (χ1v) is 4.90. The molecule has 0 saturated carbocycles. The molecule has 2 aromatic heterocycles. The zero-order valence-corrected chi connectivity index (χ0v) is 8.59. The third kappa shape index (κ3) is 2.76. The van der Waals surface area contributed by atoms with Crippen LogP contribution in [-0.2, 0) is 12.8 Å². The van der Waals surface area contributed by atoms with Crippen LogP contribution < -0.4 is 11.1 Å². The van der Waals surface area contributed by atoms with Crippen LogP contribution in [0.3, 0.4) is 0 Å². The summed E-state index contributed by atoms with van der Waals surface area (Å²) in [6, 6.07) is 0.378. The van der Waals surface area contributed by atoms with E-state index in [1.807, 2.05) is 0 Å². The molecule has 0 bridgehead atoms. The molecule has 0 aliphatic rings. The Bertz CT molecular complexity index is 412. The molecular formula is C8H12N6O2. The maximum atomic E-state index is 5.36. The number of nitrogens with two attached hydrogens (primary N) is 1. The molecule has 0 saturated heterocycles. The predicted molar refractivity (Wildman–Crippen MR) is 53.5 cm³/mol. The van der Waals surface area contributed by atoms with E-state index in [1.165, 1.54) is 6.33 Å². The van der Waals surface area contributed by atoms with Gasteiger partial charge in [0.15, 0.2) is 6.33 Å². The number of nitrogens with zero attached hydrogens (tertiary/aromatic N) is 4. The lowest BCUT2D eigenvalue weighted by Crippen LogP contribution is -2.05. The van der Waals surface area contributed by atoms with E-state index in [-0.39, 0.29) is 0 Å². The number of nitrogens with one attached hydrogen (secondary N) is 1. The zero-order valence-electron chi connectivity index (χ0n) is 8.59. The van der Waals surface area contributed by atoms with Crippen molar-refractivity contribution in [2.24, 2.45) is 5.73 Å². The van der Waals surface area contributed by atoms with Gasteiger partial charge in [-0.25, -0.2) is 0 Å². The summed E-state index contributed by atoms with van der Waals surface area (Å²) in [7, 11) is 0. The summed E-state index contributed by atoms with van der Waals surface area (Å²) < 4.78 is 10.1. The summed E-state index contributed by atoms with van der Waals surface area (Å²) in [5.74, 6) is 1.09. The second-order valence-electron chi connectivity index (χ2n) is 3.05. The van der Waals surface area contributed by atoms with E-state index in [0.717, 1.165) is 0 Å². The summed E-state index contributed by atoms with van der Waals surface area (Å²) in [5, 5.41) is 14.1. The highest BCUT2D eigenvalue weighted by atomic mass is 16.5. The fourth-order valence-electron chi connectivity index (χ4n) is 1.13. The van der Waals surface area contributed by atoms with Crippen LogP contribution in [0.2, 0.25) is 0 Å². The number of rotatable bonds is 6. The molecule has 2 rings (SSSR count). The molecule has 0 spiro atoms. The highest BCUT2D eigenvalue weighted by Gasteiger charge is 2.05. The molecule has 0 unspecified atom stereocenters. The lowest BCUT2D eigenvalue weighted by atomic mass is 10.4. The number of hydrogen-bond donors (Lipinski definition) is 2. The van der Waals surface area contributed by atoms with Gasteiger partial charge in [-0.3, -0.25) is 0 Å². The van der Waals surface area contributed by atoms with Crippen LogP contribution >= 0.6 is 0 Å². The average molecular weight is 224 g/mol. The van der Waals surface area contributed by atoms with Gasteiger partial charge in [-0.2, -0.15) is 4.98 Å². The fourth-order valence-corrected chi connectivity index (χ4v) is 1.13. The Hall–Kier alpha value is -1.96. The Kier molecular flexibility index (Phi) is 3.44. The quantitative estimate of drug-likeness (QED) is 0.681. The number of anilines is 1. The topological polar surface area (TPSA) is 116 Å². The van der Waals surface area contributed by atoms with Gasteiger partial charge in [-0.15, -0.1) is 5.10 Å². The first-order chi connectivity index (χ1) is 7.88. The van der Waals surface area contributed by atoms with Crippen molar-refractivity contribution in [3.8, 4) is 0 Å². The molecule has 8 heteroatoms. The molecule has 0 fully saturated rings. The molecule has 0 aliphatic heterocycles. The van der Waals surface area contributed by atoms with Crippen LogP contribution in [0.25, 0.3) is 0 Å². The Morgan fingerprint density at radius 1 is 1.25 bits per heavy atom. The van der Waals surface area contributed by atoms with Gasteiger partial charge in [-0.1, -0.05) is 10.3 Å². The van der Waals surface area contributed by atoms with E-state index >= 15 is 0 Å². The normalized spacial score (nSPS) is 10.6. The van der Waals surface area contributed by atoms with Gasteiger partial charge in [0, 0.05) is 25.9 Å². The lowest BCUT2D eigenvalue weighted by molar-refractivity contribution is 0.379. The van der Waals surface area contributed by atoms with Gasteiger partial charge in [0.1, 0.15) is 0 Å². The predicted octanol–water partition coefficient (Wildman–Crippen LogP) is -0.392. The number of aromatic nitrogens is 4. The minimum absolute atomic E-state index is 0.378. The van der Waals surface area contributed by atoms with Crippen LogP contribution in [-0.4, -0.2) is 33.4 Å². The zero-order chi connectivity index (χ0) is 11.2. The molecule has 86 valence electrons. The van der Waals surface area contributed by atoms with Crippen molar-refractivity contribution in [1.29, 1.82) is 0 Å². The van der Waals surface area contributed by atoms with Gasteiger partial charge >= 0.3 is 6.01 Å². The second-order valence-corrected chi connectivity index (χ2v) is 3.05. The molecular weight excluding hydrogens is 212 g/mol. The van der Waals surface area contributed by atoms with Crippen molar-refractivity contribution in [1.82, 2.24) is 20.3 Å². The van der Waals surface area contributed by atoms with Crippen molar-refractivity contribution in [2.45, 2.75) is 12.8 Å². The Morgan fingerprint density at radius 2 is 2.19 bits per heavy atom. The molecule has 0 aromatic carbocycles. The Balaban J connectivity index is 1.76. The summed E-state index contributed by atoms with van der Waals surface area (Å²) in [5.41, 5.74) is 5.36. The van der Waals surface area contributed by atoms with Crippen molar-refractivity contribution < 1.29 is 8.94 Å². The molecule has 0 atom stereocenters. The van der Waals surface area contributed by atoms with Crippen molar-refractivity contribution in [3.63, 3.8) is 0 Å². The first kappa shape index (κ1) is 10.6.